The number of aliphatic carboxylic acids is 1. The number of hydrogen-bond donors (Lipinski definition) is 3. The third kappa shape index (κ3) is 2.07. The van der Waals surface area contributed by atoms with Crippen molar-refractivity contribution in [1.29, 1.82) is 0 Å². The van der Waals surface area contributed by atoms with E-state index in [1.165, 1.54) is 12.8 Å². The second-order valence-corrected chi connectivity index (χ2v) is 4.38. The summed E-state index contributed by atoms with van der Waals surface area (Å²) in [5.74, 6) is 0.618. The molecule has 80 valence electrons. The number of rotatable bonds is 2. The summed E-state index contributed by atoms with van der Waals surface area (Å²) < 4.78 is 0. The highest BCUT2D eigenvalue weighted by Gasteiger charge is 2.34. The molecule has 0 radical (unpaired) electrons. The van der Waals surface area contributed by atoms with Crippen molar-refractivity contribution in [2.24, 2.45) is 11.8 Å². The summed E-state index contributed by atoms with van der Waals surface area (Å²) in [4.78, 5) is 10.8. The van der Waals surface area contributed by atoms with Crippen LogP contribution in [0.5, 0.6) is 0 Å². The van der Waals surface area contributed by atoms with Gasteiger partial charge >= 0.3 is 5.97 Å². The summed E-state index contributed by atoms with van der Waals surface area (Å²) in [6, 6.07) is -0.296. The van der Waals surface area contributed by atoms with E-state index in [9.17, 15) is 4.79 Å². The predicted octanol–water partition coefficient (Wildman–Crippen LogP) is 0.0487. The van der Waals surface area contributed by atoms with Gasteiger partial charge in [0.25, 0.3) is 0 Å². The van der Waals surface area contributed by atoms with Crippen LogP contribution in [0.3, 0.4) is 0 Å². The van der Waals surface area contributed by atoms with E-state index < -0.39 is 5.97 Å². The monoisotopic (exact) mass is 198 g/mol. The van der Waals surface area contributed by atoms with E-state index >= 15 is 0 Å². The zero-order valence-electron chi connectivity index (χ0n) is 8.33. The SMILES string of the molecule is O=C(O)[C@@H]1CC(C2CCNCC2)CN1. The van der Waals surface area contributed by atoms with E-state index in [0.29, 0.717) is 5.92 Å². The minimum atomic E-state index is -0.693. The van der Waals surface area contributed by atoms with Crippen LogP contribution in [0.4, 0.5) is 0 Å². The molecule has 0 aliphatic carbocycles. The van der Waals surface area contributed by atoms with Gasteiger partial charge in [0.1, 0.15) is 6.04 Å². The summed E-state index contributed by atoms with van der Waals surface area (Å²) in [5, 5.41) is 15.3. The molecule has 2 saturated heterocycles. The van der Waals surface area contributed by atoms with Gasteiger partial charge in [0.05, 0.1) is 0 Å². The smallest absolute Gasteiger partial charge is 0.320 e. The molecule has 2 aliphatic heterocycles. The highest BCUT2D eigenvalue weighted by Crippen LogP contribution is 2.28. The van der Waals surface area contributed by atoms with Gasteiger partial charge < -0.3 is 15.7 Å². The highest BCUT2D eigenvalue weighted by molar-refractivity contribution is 5.73. The number of nitrogens with one attached hydrogen (secondary N) is 2. The highest BCUT2D eigenvalue weighted by atomic mass is 16.4. The third-order valence-electron chi connectivity index (χ3n) is 3.51. The lowest BCUT2D eigenvalue weighted by atomic mass is 9.83. The molecule has 0 bridgehead atoms. The molecule has 14 heavy (non-hydrogen) atoms. The molecule has 4 heteroatoms. The minimum absolute atomic E-state index is 0.296. The van der Waals surface area contributed by atoms with Gasteiger partial charge in [-0.2, -0.15) is 0 Å². The Balaban J connectivity index is 1.85. The first-order chi connectivity index (χ1) is 6.77. The van der Waals surface area contributed by atoms with Crippen LogP contribution in [-0.4, -0.2) is 36.8 Å². The zero-order chi connectivity index (χ0) is 9.97. The van der Waals surface area contributed by atoms with Crippen LogP contribution in [0, 0.1) is 11.8 Å². The van der Waals surface area contributed by atoms with Gasteiger partial charge in [-0.15, -0.1) is 0 Å². The van der Waals surface area contributed by atoms with Crippen molar-refractivity contribution in [2.75, 3.05) is 19.6 Å². The molecule has 0 aromatic rings. The first-order valence-corrected chi connectivity index (χ1v) is 5.44. The lowest BCUT2D eigenvalue weighted by molar-refractivity contribution is -0.139. The van der Waals surface area contributed by atoms with Crippen molar-refractivity contribution in [3.63, 3.8) is 0 Å². The summed E-state index contributed by atoms with van der Waals surface area (Å²) in [6.07, 6.45) is 3.23. The Hall–Kier alpha value is -0.610. The number of carboxylic acids is 1. The second kappa shape index (κ2) is 4.28. The summed E-state index contributed by atoms with van der Waals surface area (Å²) >= 11 is 0. The van der Waals surface area contributed by atoms with Gasteiger partial charge in [-0.3, -0.25) is 4.79 Å². The third-order valence-corrected chi connectivity index (χ3v) is 3.51. The molecule has 0 spiro atoms. The molecule has 4 nitrogen and oxygen atoms in total. The second-order valence-electron chi connectivity index (χ2n) is 4.38. The largest absolute Gasteiger partial charge is 0.480 e. The molecule has 0 aromatic carbocycles. The van der Waals surface area contributed by atoms with E-state index in [1.54, 1.807) is 0 Å². The van der Waals surface area contributed by atoms with Crippen molar-refractivity contribution in [3.8, 4) is 0 Å². The Labute approximate surface area is 84.1 Å². The minimum Gasteiger partial charge on any atom is -0.480 e. The maximum absolute atomic E-state index is 10.8. The van der Waals surface area contributed by atoms with Crippen molar-refractivity contribution in [1.82, 2.24) is 10.6 Å². The average Bonchev–Trinajstić information content (AvgIpc) is 2.68. The van der Waals surface area contributed by atoms with Crippen LogP contribution in [0.25, 0.3) is 0 Å². The molecule has 2 rings (SSSR count). The maximum Gasteiger partial charge on any atom is 0.320 e. The fourth-order valence-corrected chi connectivity index (χ4v) is 2.63. The van der Waals surface area contributed by atoms with Gasteiger partial charge in [0.15, 0.2) is 0 Å². The van der Waals surface area contributed by atoms with Gasteiger partial charge in [-0.05, 0) is 50.7 Å². The van der Waals surface area contributed by atoms with E-state index in [-0.39, 0.29) is 6.04 Å². The van der Waals surface area contributed by atoms with Crippen LogP contribution >= 0.6 is 0 Å². The number of carboxylic acid groups (broad SMARTS) is 1. The number of hydrogen-bond acceptors (Lipinski definition) is 3. The van der Waals surface area contributed by atoms with E-state index in [1.807, 2.05) is 0 Å². The molecule has 2 heterocycles. The van der Waals surface area contributed by atoms with Gasteiger partial charge in [0.2, 0.25) is 0 Å². The molecule has 2 aliphatic rings. The Morgan fingerprint density at radius 1 is 1.21 bits per heavy atom. The predicted molar refractivity (Wildman–Crippen MR) is 53.1 cm³/mol. The Kier molecular flexibility index (Phi) is 3.03. The standard InChI is InChI=1S/C10H18N2O2/c13-10(14)9-5-8(6-12-9)7-1-3-11-4-2-7/h7-9,11-12H,1-6H2,(H,13,14)/t8?,9-/m0/s1. The van der Waals surface area contributed by atoms with Gasteiger partial charge in [-0.1, -0.05) is 0 Å². The van der Waals surface area contributed by atoms with E-state index in [0.717, 1.165) is 32.0 Å². The first kappa shape index (κ1) is 9.93. The molecule has 2 atom stereocenters. The Morgan fingerprint density at radius 2 is 1.93 bits per heavy atom. The van der Waals surface area contributed by atoms with E-state index in [2.05, 4.69) is 10.6 Å². The zero-order valence-corrected chi connectivity index (χ0v) is 8.33. The van der Waals surface area contributed by atoms with Gasteiger partial charge in [0, 0.05) is 0 Å². The van der Waals surface area contributed by atoms with Crippen molar-refractivity contribution >= 4 is 5.97 Å². The van der Waals surface area contributed by atoms with Crippen LogP contribution < -0.4 is 10.6 Å². The quantitative estimate of drug-likeness (QED) is 0.586. The van der Waals surface area contributed by atoms with Crippen molar-refractivity contribution in [2.45, 2.75) is 25.3 Å². The number of carbonyl (C=O) groups is 1. The molecule has 0 aromatic heterocycles. The lowest BCUT2D eigenvalue weighted by Crippen LogP contribution is -2.32. The van der Waals surface area contributed by atoms with Crippen LogP contribution in [-0.2, 0) is 4.79 Å². The lowest BCUT2D eigenvalue weighted by Gasteiger charge is -2.27. The Morgan fingerprint density at radius 3 is 2.50 bits per heavy atom. The van der Waals surface area contributed by atoms with Crippen LogP contribution in [0.15, 0.2) is 0 Å². The number of piperidine rings is 1. The summed E-state index contributed by atoms with van der Waals surface area (Å²) in [5.41, 5.74) is 0. The van der Waals surface area contributed by atoms with Crippen LogP contribution in [0.2, 0.25) is 0 Å². The van der Waals surface area contributed by atoms with E-state index in [4.69, 9.17) is 5.11 Å². The molecule has 2 fully saturated rings. The van der Waals surface area contributed by atoms with Crippen LogP contribution in [0.1, 0.15) is 19.3 Å². The molecular weight excluding hydrogens is 180 g/mol. The summed E-state index contributed by atoms with van der Waals surface area (Å²) in [6.45, 7) is 3.08. The van der Waals surface area contributed by atoms with Crippen molar-refractivity contribution < 1.29 is 9.90 Å². The molecular formula is C10H18N2O2. The Bertz CT molecular complexity index is 214. The first-order valence-electron chi connectivity index (χ1n) is 5.44. The molecule has 0 saturated carbocycles. The molecule has 1 unspecified atom stereocenters. The normalized spacial score (nSPS) is 34.6. The topological polar surface area (TPSA) is 61.4 Å². The average molecular weight is 198 g/mol. The molecule has 3 N–H and O–H groups in total. The fraction of sp³-hybridized carbons (Fsp3) is 0.900. The molecule has 0 amide bonds. The summed E-state index contributed by atoms with van der Waals surface area (Å²) in [7, 11) is 0. The maximum atomic E-state index is 10.8. The van der Waals surface area contributed by atoms with Crippen molar-refractivity contribution in [3.05, 3.63) is 0 Å². The fourth-order valence-electron chi connectivity index (χ4n) is 2.63. The van der Waals surface area contributed by atoms with Gasteiger partial charge in [-0.25, -0.2) is 0 Å².